The molecule has 1 heterocycles. The average molecular weight is 251 g/mol. The summed E-state index contributed by atoms with van der Waals surface area (Å²) in [5, 5.41) is 0. The molecule has 0 aromatic carbocycles. The van der Waals surface area contributed by atoms with E-state index in [2.05, 4.69) is 0 Å². The molecule has 0 spiro atoms. The molecule has 1 unspecified atom stereocenters. The summed E-state index contributed by atoms with van der Waals surface area (Å²) in [4.78, 5) is 24.5. The van der Waals surface area contributed by atoms with Crippen molar-refractivity contribution >= 4 is 11.9 Å². The summed E-state index contributed by atoms with van der Waals surface area (Å²) < 4.78 is 10.2. The Morgan fingerprint density at radius 3 is 3.11 bits per heavy atom. The van der Waals surface area contributed by atoms with Crippen LogP contribution in [0.1, 0.15) is 6.42 Å². The van der Waals surface area contributed by atoms with Gasteiger partial charge in [0.05, 0.1) is 13.2 Å². The van der Waals surface area contributed by atoms with E-state index in [4.69, 9.17) is 9.47 Å². The van der Waals surface area contributed by atoms with Gasteiger partial charge in [-0.15, -0.1) is 0 Å². The van der Waals surface area contributed by atoms with Crippen molar-refractivity contribution in [2.24, 2.45) is 5.92 Å². The van der Waals surface area contributed by atoms with Gasteiger partial charge in [0.25, 0.3) is 0 Å². The molecule has 5 nitrogen and oxygen atoms in total. The van der Waals surface area contributed by atoms with E-state index in [0.717, 1.165) is 6.42 Å². The Morgan fingerprint density at radius 1 is 1.50 bits per heavy atom. The fourth-order valence-corrected chi connectivity index (χ4v) is 1.87. The first-order chi connectivity index (χ1) is 8.75. The van der Waals surface area contributed by atoms with Crippen LogP contribution in [-0.4, -0.2) is 49.7 Å². The molecule has 0 bridgehead atoms. The molecule has 1 amide bonds. The molecule has 98 valence electrons. The highest BCUT2D eigenvalue weighted by Gasteiger charge is 2.21. The summed E-state index contributed by atoms with van der Waals surface area (Å²) in [6, 6.07) is 0. The molecule has 2 rings (SSSR count). The topological polar surface area (TPSA) is 55.8 Å². The predicted octanol–water partition coefficient (Wildman–Crippen LogP) is 0.521. The van der Waals surface area contributed by atoms with Crippen LogP contribution in [0.2, 0.25) is 0 Å². The fourth-order valence-electron chi connectivity index (χ4n) is 1.87. The first kappa shape index (κ1) is 12.8. The first-order valence-electron chi connectivity index (χ1n) is 6.10. The number of ether oxygens (including phenoxy) is 2. The Bertz CT molecular complexity index is 375. The van der Waals surface area contributed by atoms with Crippen molar-refractivity contribution in [1.29, 1.82) is 0 Å². The summed E-state index contributed by atoms with van der Waals surface area (Å²) in [6.45, 7) is 1.39. The molecule has 0 aromatic heterocycles. The molecule has 0 aromatic rings. The Kier molecular flexibility index (Phi) is 4.52. The van der Waals surface area contributed by atoms with E-state index >= 15 is 0 Å². The van der Waals surface area contributed by atoms with E-state index in [-0.39, 0.29) is 30.9 Å². The van der Waals surface area contributed by atoms with Crippen LogP contribution in [0.4, 0.5) is 0 Å². The zero-order valence-electron chi connectivity index (χ0n) is 10.2. The zero-order valence-corrected chi connectivity index (χ0v) is 10.2. The number of morpholine rings is 1. The van der Waals surface area contributed by atoms with Crippen molar-refractivity contribution in [3.63, 3.8) is 0 Å². The second kappa shape index (κ2) is 6.35. The number of nitrogens with zero attached hydrogens (tertiary/aromatic N) is 1. The molecular weight excluding hydrogens is 234 g/mol. The summed E-state index contributed by atoms with van der Waals surface area (Å²) in [5.74, 6) is -0.258. The highest BCUT2D eigenvalue weighted by Crippen LogP contribution is 2.11. The van der Waals surface area contributed by atoms with E-state index in [1.54, 1.807) is 0 Å². The Balaban J connectivity index is 1.69. The third-order valence-corrected chi connectivity index (χ3v) is 2.93. The van der Waals surface area contributed by atoms with Gasteiger partial charge in [0.1, 0.15) is 13.2 Å². The lowest BCUT2D eigenvalue weighted by atomic mass is 10.0. The van der Waals surface area contributed by atoms with Gasteiger partial charge in [-0.05, 0) is 6.42 Å². The lowest BCUT2D eigenvalue weighted by Gasteiger charge is -2.26. The van der Waals surface area contributed by atoms with E-state index in [0.29, 0.717) is 19.8 Å². The lowest BCUT2D eigenvalue weighted by molar-refractivity contribution is -0.155. The minimum absolute atomic E-state index is 0.0223. The summed E-state index contributed by atoms with van der Waals surface area (Å²) in [6.07, 6.45) is 8.88. The maximum absolute atomic E-state index is 11.6. The molecular formula is C13H17NO4. The van der Waals surface area contributed by atoms with Crippen LogP contribution in [0.3, 0.4) is 0 Å². The maximum atomic E-state index is 11.6. The molecule has 0 saturated carbocycles. The molecule has 1 aliphatic heterocycles. The number of allylic oxidation sites excluding steroid dienone is 3. The Morgan fingerprint density at radius 2 is 2.39 bits per heavy atom. The second-order valence-corrected chi connectivity index (χ2v) is 4.36. The van der Waals surface area contributed by atoms with Crippen molar-refractivity contribution in [2.75, 3.05) is 32.9 Å². The molecule has 0 radical (unpaired) electrons. The molecule has 18 heavy (non-hydrogen) atoms. The molecule has 1 aliphatic carbocycles. The van der Waals surface area contributed by atoms with Crippen LogP contribution in [-0.2, 0) is 19.1 Å². The van der Waals surface area contributed by atoms with Gasteiger partial charge in [-0.1, -0.05) is 24.3 Å². The largest absolute Gasteiger partial charge is 0.464 e. The van der Waals surface area contributed by atoms with Crippen LogP contribution in [0.5, 0.6) is 0 Å². The summed E-state index contributed by atoms with van der Waals surface area (Å²) in [5.41, 5.74) is 0. The molecule has 1 saturated heterocycles. The highest BCUT2D eigenvalue weighted by atomic mass is 16.5. The number of hydrogen-bond donors (Lipinski definition) is 0. The smallest absolute Gasteiger partial charge is 0.325 e. The maximum Gasteiger partial charge on any atom is 0.325 e. The minimum atomic E-state index is -0.354. The third kappa shape index (κ3) is 3.70. The molecule has 1 atom stereocenters. The highest BCUT2D eigenvalue weighted by molar-refractivity contribution is 5.83. The van der Waals surface area contributed by atoms with Crippen LogP contribution < -0.4 is 0 Å². The Labute approximate surface area is 106 Å². The van der Waals surface area contributed by atoms with Gasteiger partial charge in [0, 0.05) is 12.5 Å². The number of carbonyl (C=O) groups excluding carboxylic acids is 2. The monoisotopic (exact) mass is 251 g/mol. The standard InChI is InChI=1S/C13H17NO4/c15-12-10-17-7-6-14(12)8-13(16)18-9-11-4-2-1-3-5-11/h1-4,11H,5-10H2. The predicted molar refractivity (Wildman–Crippen MR) is 64.7 cm³/mol. The number of carbonyl (C=O) groups is 2. The summed E-state index contributed by atoms with van der Waals surface area (Å²) in [7, 11) is 0. The van der Waals surface area contributed by atoms with Gasteiger partial charge in [0.15, 0.2) is 0 Å². The second-order valence-electron chi connectivity index (χ2n) is 4.36. The number of amides is 1. The summed E-state index contributed by atoms with van der Waals surface area (Å²) >= 11 is 0. The normalized spacial score (nSPS) is 23.2. The molecule has 5 heteroatoms. The van der Waals surface area contributed by atoms with Crippen LogP contribution in [0, 0.1) is 5.92 Å². The van der Waals surface area contributed by atoms with Gasteiger partial charge in [-0.25, -0.2) is 0 Å². The van der Waals surface area contributed by atoms with Gasteiger partial charge in [-0.3, -0.25) is 9.59 Å². The zero-order chi connectivity index (χ0) is 12.8. The van der Waals surface area contributed by atoms with E-state index < -0.39 is 0 Å². The number of hydrogen-bond acceptors (Lipinski definition) is 4. The van der Waals surface area contributed by atoms with E-state index in [1.807, 2.05) is 24.3 Å². The number of esters is 1. The average Bonchev–Trinajstić information content (AvgIpc) is 2.40. The minimum Gasteiger partial charge on any atom is -0.464 e. The van der Waals surface area contributed by atoms with E-state index in [1.165, 1.54) is 4.90 Å². The lowest BCUT2D eigenvalue weighted by Crippen LogP contribution is -2.44. The van der Waals surface area contributed by atoms with Crippen LogP contribution >= 0.6 is 0 Å². The van der Waals surface area contributed by atoms with Gasteiger partial charge in [-0.2, -0.15) is 0 Å². The van der Waals surface area contributed by atoms with Gasteiger partial charge in [0.2, 0.25) is 5.91 Å². The van der Waals surface area contributed by atoms with Crippen LogP contribution in [0.15, 0.2) is 24.3 Å². The van der Waals surface area contributed by atoms with Gasteiger partial charge < -0.3 is 14.4 Å². The quantitative estimate of drug-likeness (QED) is 0.684. The SMILES string of the molecule is O=C(CN1CCOCC1=O)OCC1C=CC=CC1. The fraction of sp³-hybridized carbons (Fsp3) is 0.538. The third-order valence-electron chi connectivity index (χ3n) is 2.93. The Hall–Kier alpha value is -1.62. The molecule has 2 aliphatic rings. The van der Waals surface area contributed by atoms with E-state index in [9.17, 15) is 9.59 Å². The van der Waals surface area contributed by atoms with Crippen molar-refractivity contribution in [1.82, 2.24) is 4.90 Å². The van der Waals surface area contributed by atoms with Crippen molar-refractivity contribution in [3.8, 4) is 0 Å². The van der Waals surface area contributed by atoms with Crippen molar-refractivity contribution in [2.45, 2.75) is 6.42 Å². The number of rotatable bonds is 4. The van der Waals surface area contributed by atoms with Crippen molar-refractivity contribution < 1.29 is 19.1 Å². The molecule has 1 fully saturated rings. The van der Waals surface area contributed by atoms with Gasteiger partial charge >= 0.3 is 5.97 Å². The molecule has 0 N–H and O–H groups in total. The first-order valence-corrected chi connectivity index (χ1v) is 6.10. The van der Waals surface area contributed by atoms with Crippen LogP contribution in [0.25, 0.3) is 0 Å². The van der Waals surface area contributed by atoms with Crippen molar-refractivity contribution in [3.05, 3.63) is 24.3 Å².